The van der Waals surface area contributed by atoms with Crippen LogP contribution >= 0.6 is 20.7 Å². The molecule has 2 unspecified atom stereocenters. The summed E-state index contributed by atoms with van der Waals surface area (Å²) in [5, 5.41) is 12.6. The Labute approximate surface area is 432 Å². The van der Waals surface area contributed by atoms with Gasteiger partial charge in [-0.15, -0.1) is 0 Å². The zero-order valence-electron chi connectivity index (χ0n) is 41.4. The Kier molecular flexibility index (Phi) is 17.3. The fourth-order valence-corrected chi connectivity index (χ4v) is 12.2. The van der Waals surface area contributed by atoms with Crippen molar-refractivity contribution in [3.63, 3.8) is 0 Å². The quantitative estimate of drug-likeness (QED) is 0.0333. The molecule has 21 heteroatoms. The van der Waals surface area contributed by atoms with Gasteiger partial charge in [-0.2, -0.15) is 5.26 Å². The molecule has 2 saturated heterocycles. The first-order valence-corrected chi connectivity index (χ1v) is 27.2. The lowest BCUT2D eigenvalue weighted by molar-refractivity contribution is -0.0927. The van der Waals surface area contributed by atoms with E-state index in [9.17, 15) is 18.5 Å². The van der Waals surface area contributed by atoms with Gasteiger partial charge in [-0.3, -0.25) is 9.36 Å². The Morgan fingerprint density at radius 3 is 2.03 bits per heavy atom. The molecule has 2 aliphatic rings. The number of benzene rings is 4. The summed E-state index contributed by atoms with van der Waals surface area (Å²) < 4.78 is 75.7. The van der Waals surface area contributed by atoms with Crippen LogP contribution in [0.3, 0.4) is 0 Å². The highest BCUT2D eigenvalue weighted by Crippen LogP contribution is 2.52. The van der Waals surface area contributed by atoms with Crippen molar-refractivity contribution in [2.75, 3.05) is 57.3 Å². The zero-order chi connectivity index (χ0) is 51.7. The SMILES string of the molecule is COc1ccc(C(OC[C@H]2O[C@@H](n3cnc4c(NC(=O)c5ccccc5)ncnc43)C(OC(=S)N3CCS(=O)(=O)CC3)[C@H]2OP(OCCC#N)N(C(C)C)C(C)C)(c2ccccc2)c2ccc(OC)cc2)cc1. The molecule has 5 atom stereocenters. The normalized spacial score (nSPS) is 19.2. The van der Waals surface area contributed by atoms with E-state index >= 15 is 0 Å². The van der Waals surface area contributed by atoms with E-state index in [0.29, 0.717) is 22.7 Å². The summed E-state index contributed by atoms with van der Waals surface area (Å²) in [6.45, 7) is 8.34. The molecule has 0 saturated carbocycles. The molecule has 4 aromatic carbocycles. The number of hydrogen-bond acceptors (Lipinski definition) is 16. The van der Waals surface area contributed by atoms with Crippen molar-refractivity contribution in [2.24, 2.45) is 0 Å². The molecular weight excluding hydrogens is 992 g/mol. The van der Waals surface area contributed by atoms with Crippen molar-refractivity contribution in [3.8, 4) is 17.6 Å². The lowest BCUT2D eigenvalue weighted by atomic mass is 9.80. The summed E-state index contributed by atoms with van der Waals surface area (Å²) in [6.07, 6.45) is -1.26. The van der Waals surface area contributed by atoms with Crippen molar-refractivity contribution in [2.45, 2.75) is 76.3 Å². The van der Waals surface area contributed by atoms with Crippen LogP contribution in [0.5, 0.6) is 11.5 Å². The van der Waals surface area contributed by atoms with Crippen LogP contribution in [0.25, 0.3) is 11.2 Å². The lowest BCUT2D eigenvalue weighted by Gasteiger charge is -2.39. The first-order chi connectivity index (χ1) is 35.3. The summed E-state index contributed by atoms with van der Waals surface area (Å²) in [5.74, 6) is 0.867. The number of fused-ring (bicyclic) bond motifs is 1. The second-order valence-electron chi connectivity index (χ2n) is 17.9. The number of rotatable bonds is 20. The van der Waals surface area contributed by atoms with E-state index in [1.807, 2.05) is 113 Å². The van der Waals surface area contributed by atoms with Gasteiger partial charge in [0.15, 0.2) is 39.2 Å². The number of nitriles is 1. The fourth-order valence-electron chi connectivity index (χ4n) is 8.98. The Morgan fingerprint density at radius 1 is 0.863 bits per heavy atom. The standard InChI is InChI=1S/C52H59N8O10PS2/c1-35(2)60(36(3)4)71(67-29-13-26-53)70-45-43(32-66-52(38-16-11-8-12-17-38,39-18-22-41(64-5)23-19-39)40-20-24-42(65-6)25-21-40)68-50(46(45)69-51(72)58-27-30-73(62,63)31-28-58)59-34-56-44-47(54-33-55-48(44)59)57-49(61)37-14-9-7-10-15-37/h7-12,14-25,33-36,43,45-46,50H,13,27-32H2,1-6H3,(H,54,55,57,61)/t43-,45+,46?,50-,71?/m1/s1. The third kappa shape index (κ3) is 12.0. The highest BCUT2D eigenvalue weighted by Gasteiger charge is 2.53. The number of ether oxygens (including phenoxy) is 5. The Balaban J connectivity index is 1.28. The van der Waals surface area contributed by atoms with E-state index in [1.54, 1.807) is 48.0 Å². The molecule has 0 spiro atoms. The maximum absolute atomic E-state index is 13.5. The monoisotopic (exact) mass is 1050 g/mol. The average Bonchev–Trinajstić information content (AvgIpc) is 3.98. The second-order valence-corrected chi connectivity index (χ2v) is 21.9. The van der Waals surface area contributed by atoms with Crippen LogP contribution in [0.4, 0.5) is 5.82 Å². The molecule has 6 aromatic rings. The van der Waals surface area contributed by atoms with Crippen LogP contribution < -0.4 is 14.8 Å². The molecule has 0 radical (unpaired) electrons. The minimum absolute atomic E-state index is 0.0351. The number of sulfone groups is 1. The first kappa shape index (κ1) is 53.2. The average molecular weight is 1050 g/mol. The first-order valence-electron chi connectivity index (χ1n) is 23.9. The summed E-state index contributed by atoms with van der Waals surface area (Å²) in [5.41, 5.74) is 2.06. The minimum Gasteiger partial charge on any atom is -0.497 e. The van der Waals surface area contributed by atoms with Gasteiger partial charge in [0, 0.05) is 30.7 Å². The summed E-state index contributed by atoms with van der Waals surface area (Å²) in [4.78, 5) is 29.0. The predicted molar refractivity (Wildman–Crippen MR) is 280 cm³/mol. The van der Waals surface area contributed by atoms with Gasteiger partial charge in [0.05, 0.1) is 57.8 Å². The molecule has 0 bridgehead atoms. The van der Waals surface area contributed by atoms with Crippen molar-refractivity contribution in [1.82, 2.24) is 29.1 Å². The molecule has 2 fully saturated rings. The number of hydrogen-bond donors (Lipinski definition) is 1. The third-order valence-corrected chi connectivity index (χ3v) is 16.6. The number of amides is 1. The molecule has 2 aliphatic heterocycles. The van der Waals surface area contributed by atoms with E-state index in [0.717, 1.165) is 16.7 Å². The smallest absolute Gasteiger partial charge is 0.259 e. The Morgan fingerprint density at radius 2 is 1.45 bits per heavy atom. The summed E-state index contributed by atoms with van der Waals surface area (Å²) in [6, 6.07) is 36.0. The second kappa shape index (κ2) is 23.8. The maximum Gasteiger partial charge on any atom is 0.259 e. The maximum atomic E-state index is 13.5. The number of carbonyl (C=O) groups is 1. The van der Waals surface area contributed by atoms with Crippen molar-refractivity contribution < 1.29 is 45.9 Å². The number of aromatic nitrogens is 4. The molecule has 2 aromatic heterocycles. The van der Waals surface area contributed by atoms with Crippen LogP contribution in [0.2, 0.25) is 0 Å². The van der Waals surface area contributed by atoms with Crippen LogP contribution in [0.15, 0.2) is 122 Å². The number of nitrogens with zero attached hydrogens (tertiary/aromatic N) is 7. The molecular formula is C52H59N8O10PS2. The summed E-state index contributed by atoms with van der Waals surface area (Å²) in [7, 11) is -2.02. The third-order valence-electron chi connectivity index (χ3n) is 12.5. The highest BCUT2D eigenvalue weighted by molar-refractivity contribution is 7.91. The van der Waals surface area contributed by atoms with E-state index in [4.69, 9.17) is 49.9 Å². The van der Waals surface area contributed by atoms with Crippen LogP contribution in [-0.2, 0) is 38.7 Å². The fraction of sp³-hybridized carbons (Fsp3) is 0.385. The van der Waals surface area contributed by atoms with E-state index in [2.05, 4.69) is 26.0 Å². The van der Waals surface area contributed by atoms with Gasteiger partial charge in [-0.25, -0.2) is 28.0 Å². The van der Waals surface area contributed by atoms with Crippen LogP contribution in [-0.4, -0.2) is 131 Å². The number of imidazole rings is 1. The molecule has 384 valence electrons. The number of methoxy groups -OCH3 is 2. The van der Waals surface area contributed by atoms with Crippen molar-refractivity contribution in [3.05, 3.63) is 144 Å². The van der Waals surface area contributed by atoms with Gasteiger partial charge >= 0.3 is 0 Å². The Bertz CT molecular complexity index is 2900. The minimum atomic E-state index is -3.28. The molecule has 0 aliphatic carbocycles. The van der Waals surface area contributed by atoms with Gasteiger partial charge in [0.25, 0.3) is 19.6 Å². The van der Waals surface area contributed by atoms with Crippen LogP contribution in [0.1, 0.15) is 67.4 Å². The topological polar surface area (TPSA) is 202 Å². The Hall–Kier alpha value is -6.14. The molecule has 8 rings (SSSR count). The molecule has 73 heavy (non-hydrogen) atoms. The zero-order valence-corrected chi connectivity index (χ0v) is 44.0. The molecule has 1 amide bonds. The molecule has 4 heterocycles. The number of thiocarbonyl (C=S) groups is 1. The largest absolute Gasteiger partial charge is 0.497 e. The van der Waals surface area contributed by atoms with Crippen molar-refractivity contribution >= 4 is 58.6 Å². The molecule has 1 N–H and O–H groups in total. The van der Waals surface area contributed by atoms with E-state index < -0.39 is 54.4 Å². The number of nitrogens with one attached hydrogen (secondary N) is 1. The predicted octanol–water partition coefficient (Wildman–Crippen LogP) is 8.06. The van der Waals surface area contributed by atoms with Crippen molar-refractivity contribution in [1.29, 1.82) is 5.26 Å². The van der Waals surface area contributed by atoms with Crippen LogP contribution in [0, 0.1) is 11.3 Å². The molecule has 18 nitrogen and oxygen atoms in total. The van der Waals surface area contributed by atoms with E-state index in [1.165, 1.54) is 12.7 Å². The summed E-state index contributed by atoms with van der Waals surface area (Å²) >= 11 is 6.04. The van der Waals surface area contributed by atoms with Gasteiger partial charge in [-0.1, -0.05) is 72.8 Å². The lowest BCUT2D eigenvalue weighted by Crippen LogP contribution is -2.48. The van der Waals surface area contributed by atoms with E-state index in [-0.39, 0.29) is 72.8 Å². The number of anilines is 1. The number of carbonyl (C=O) groups excluding carboxylic acids is 1. The van der Waals surface area contributed by atoms with Gasteiger partial charge in [-0.05, 0) is 93.0 Å². The highest BCUT2D eigenvalue weighted by atomic mass is 32.2. The van der Waals surface area contributed by atoms with Gasteiger partial charge < -0.3 is 42.9 Å². The van der Waals surface area contributed by atoms with Gasteiger partial charge in [0.1, 0.15) is 35.6 Å². The van der Waals surface area contributed by atoms with Gasteiger partial charge in [0.2, 0.25) is 0 Å².